The number of benzene rings is 2. The molecule has 0 spiro atoms. The number of hydrogen-bond donors (Lipinski definition) is 2. The number of carbonyl (C=O) groups excluding carboxylic acids is 1. The first-order valence-corrected chi connectivity index (χ1v) is 17.1. The van der Waals surface area contributed by atoms with E-state index in [1.54, 1.807) is 47.3 Å². The van der Waals surface area contributed by atoms with Crippen molar-refractivity contribution in [3.05, 3.63) is 91.4 Å². The van der Waals surface area contributed by atoms with Crippen molar-refractivity contribution in [2.24, 2.45) is 0 Å². The Kier molecular flexibility index (Phi) is 13.7. The molecule has 7 nitrogen and oxygen atoms in total. The highest BCUT2D eigenvalue weighted by atomic mass is 35.5. The van der Waals surface area contributed by atoms with E-state index >= 15 is 0 Å². The lowest BCUT2D eigenvalue weighted by molar-refractivity contribution is -0.595. The summed E-state index contributed by atoms with van der Waals surface area (Å²) in [5.74, 6) is 0.155. The van der Waals surface area contributed by atoms with Crippen LogP contribution in [0.5, 0.6) is 0 Å². The van der Waals surface area contributed by atoms with Gasteiger partial charge in [-0.3, -0.25) is 9.59 Å². The molecule has 0 saturated carbocycles. The molecule has 2 aromatic carbocycles. The molecule has 0 atom stereocenters. The molecule has 0 saturated heterocycles. The van der Waals surface area contributed by atoms with E-state index in [1.807, 2.05) is 6.07 Å². The highest BCUT2D eigenvalue weighted by molar-refractivity contribution is 6.40. The maximum Gasteiger partial charge on any atom is 0.290 e. The second-order valence-electron chi connectivity index (χ2n) is 11.1. The van der Waals surface area contributed by atoms with E-state index in [4.69, 9.17) is 46.4 Å². The van der Waals surface area contributed by atoms with Crippen LogP contribution in [-0.4, -0.2) is 15.7 Å². The number of rotatable bonds is 17. The summed E-state index contributed by atoms with van der Waals surface area (Å²) in [5.41, 5.74) is 0.995. The molecule has 0 aliphatic rings. The van der Waals surface area contributed by atoms with E-state index in [2.05, 4.69) is 22.7 Å². The summed E-state index contributed by atoms with van der Waals surface area (Å²) in [6.45, 7) is 2.24. The summed E-state index contributed by atoms with van der Waals surface area (Å²) in [5, 5.41) is 11.7. The Morgan fingerprint density at radius 2 is 1.42 bits per heavy atom. The lowest BCUT2D eigenvalue weighted by Crippen LogP contribution is -2.36. The van der Waals surface area contributed by atoms with Crippen LogP contribution in [0.2, 0.25) is 20.1 Å². The van der Waals surface area contributed by atoms with Crippen molar-refractivity contribution in [3.63, 3.8) is 0 Å². The zero-order valence-electron chi connectivity index (χ0n) is 25.4. The molecule has 4 rings (SSSR count). The molecule has 240 valence electrons. The SMILES string of the molecule is CCCCCCCCCCCCCC(=O)Nc1ccc(Cl)c(Nc2nn(-c3c(Cl)cc(Cl)cc3Cl)c(=O)[c-]2-[n+]2ccccc2)c1. The summed E-state index contributed by atoms with van der Waals surface area (Å²) < 4.78 is 2.77. The van der Waals surface area contributed by atoms with Crippen molar-refractivity contribution in [1.29, 1.82) is 0 Å². The van der Waals surface area contributed by atoms with Gasteiger partial charge in [0.1, 0.15) is 5.69 Å². The number of amides is 1. The van der Waals surface area contributed by atoms with Gasteiger partial charge in [0.05, 0.1) is 33.1 Å². The maximum absolute atomic E-state index is 13.7. The van der Waals surface area contributed by atoms with Gasteiger partial charge >= 0.3 is 0 Å². The molecular formula is C34H39Cl4N5O2. The first kappa shape index (κ1) is 34.9. The molecular weight excluding hydrogens is 652 g/mol. The van der Waals surface area contributed by atoms with Crippen LogP contribution in [0.3, 0.4) is 0 Å². The van der Waals surface area contributed by atoms with Gasteiger partial charge in [-0.05, 0) is 36.8 Å². The van der Waals surface area contributed by atoms with Crippen LogP contribution in [0.4, 0.5) is 17.2 Å². The minimum atomic E-state index is -0.465. The van der Waals surface area contributed by atoms with Crippen molar-refractivity contribution < 1.29 is 9.36 Å². The number of carbonyl (C=O) groups is 1. The van der Waals surface area contributed by atoms with Gasteiger partial charge in [-0.1, -0.05) is 136 Å². The molecule has 0 aliphatic carbocycles. The van der Waals surface area contributed by atoms with Gasteiger partial charge in [-0.25, -0.2) is 0 Å². The predicted molar refractivity (Wildman–Crippen MR) is 186 cm³/mol. The minimum absolute atomic E-state index is 0.0575. The molecule has 0 aliphatic heterocycles. The molecule has 2 aromatic heterocycles. The molecule has 0 fully saturated rings. The van der Waals surface area contributed by atoms with E-state index in [9.17, 15) is 9.59 Å². The standard InChI is InChI=1S/C34H39Cl4N5O2/c1-2-3-4-5-6-7-8-9-10-11-13-16-30(44)39-25-17-18-26(36)29(23-25)40-33-32(42-19-14-12-15-20-42)34(45)43(41-33)31-27(37)21-24(35)22-28(31)38/h12,14-15,17-23H,2-11,13,16H2,1H3,(H,39,44)(H,40,41). The lowest BCUT2D eigenvalue weighted by atomic mass is 10.1. The molecule has 4 aromatic rings. The first-order valence-electron chi connectivity index (χ1n) is 15.6. The zero-order chi connectivity index (χ0) is 32.2. The van der Waals surface area contributed by atoms with Gasteiger partial charge in [0.15, 0.2) is 5.82 Å². The first-order chi connectivity index (χ1) is 21.8. The van der Waals surface area contributed by atoms with Crippen molar-refractivity contribution in [2.45, 2.75) is 84.0 Å². The summed E-state index contributed by atoms with van der Waals surface area (Å²) >= 11 is 25.5. The number of anilines is 3. The number of aromatic nitrogens is 3. The van der Waals surface area contributed by atoms with E-state index in [0.717, 1.165) is 23.9 Å². The minimum Gasteiger partial charge on any atom is -0.342 e. The lowest BCUT2D eigenvalue weighted by Gasteiger charge is -2.12. The molecule has 11 heteroatoms. The Balaban J connectivity index is 1.42. The molecule has 0 radical (unpaired) electrons. The Hall–Kier alpha value is -2.97. The smallest absolute Gasteiger partial charge is 0.290 e. The Labute approximate surface area is 284 Å². The van der Waals surface area contributed by atoms with Crippen molar-refractivity contribution in [1.82, 2.24) is 9.78 Å². The second kappa shape index (κ2) is 17.7. The largest absolute Gasteiger partial charge is 0.342 e. The molecule has 45 heavy (non-hydrogen) atoms. The van der Waals surface area contributed by atoms with E-state index in [-0.39, 0.29) is 33.1 Å². The third kappa shape index (κ3) is 10.0. The number of halogens is 4. The third-order valence-corrected chi connectivity index (χ3v) is 8.62. The average Bonchev–Trinajstić information content (AvgIpc) is 3.32. The molecule has 2 heterocycles. The fraction of sp³-hybridized carbons (Fsp3) is 0.382. The third-order valence-electron chi connectivity index (χ3n) is 7.50. The highest BCUT2D eigenvalue weighted by Crippen LogP contribution is 2.33. The highest BCUT2D eigenvalue weighted by Gasteiger charge is 2.23. The number of hydrogen-bond acceptors (Lipinski definition) is 4. The number of unbranched alkanes of at least 4 members (excludes halogenated alkanes) is 10. The van der Waals surface area contributed by atoms with Crippen molar-refractivity contribution >= 4 is 69.5 Å². The van der Waals surface area contributed by atoms with E-state index in [1.165, 1.54) is 63.5 Å². The van der Waals surface area contributed by atoms with Crippen LogP contribution >= 0.6 is 46.4 Å². The zero-order valence-corrected chi connectivity index (χ0v) is 28.5. The maximum atomic E-state index is 13.7. The second-order valence-corrected chi connectivity index (χ2v) is 12.7. The molecule has 1 amide bonds. The normalized spacial score (nSPS) is 11.1. The fourth-order valence-corrected chi connectivity index (χ4v) is 6.29. The van der Waals surface area contributed by atoms with Crippen molar-refractivity contribution in [2.75, 3.05) is 10.6 Å². The van der Waals surface area contributed by atoms with Gasteiger partial charge in [0.25, 0.3) is 5.56 Å². The van der Waals surface area contributed by atoms with Crippen molar-refractivity contribution in [3.8, 4) is 11.4 Å². The Morgan fingerprint density at radius 3 is 2.04 bits per heavy atom. The van der Waals surface area contributed by atoms with Crippen LogP contribution in [0.15, 0.2) is 65.7 Å². The molecule has 0 unspecified atom stereocenters. The number of pyridine rings is 1. The van der Waals surface area contributed by atoms with Gasteiger partial charge in [-0.2, -0.15) is 9.78 Å². The molecule has 0 bridgehead atoms. The summed E-state index contributed by atoms with van der Waals surface area (Å²) in [6.07, 6.45) is 17.4. The van der Waals surface area contributed by atoms with Gasteiger partial charge in [0, 0.05) is 17.1 Å². The van der Waals surface area contributed by atoms with Gasteiger partial charge in [0.2, 0.25) is 11.6 Å². The van der Waals surface area contributed by atoms with Gasteiger partial charge in [-0.15, -0.1) is 0 Å². The summed E-state index contributed by atoms with van der Waals surface area (Å²) in [4.78, 5) is 26.4. The van der Waals surface area contributed by atoms with Crippen LogP contribution in [-0.2, 0) is 4.79 Å². The number of nitrogens with zero attached hydrogens (tertiary/aromatic N) is 3. The molecule has 2 N–H and O–H groups in total. The van der Waals surface area contributed by atoms with E-state index in [0.29, 0.717) is 27.8 Å². The van der Waals surface area contributed by atoms with Crippen LogP contribution in [0.25, 0.3) is 11.4 Å². The van der Waals surface area contributed by atoms with Crippen LogP contribution < -0.4 is 20.8 Å². The van der Waals surface area contributed by atoms with E-state index < -0.39 is 5.56 Å². The average molecular weight is 692 g/mol. The monoisotopic (exact) mass is 689 g/mol. The topological polar surface area (TPSA) is 79.9 Å². The van der Waals surface area contributed by atoms with Crippen LogP contribution in [0, 0.1) is 0 Å². The summed E-state index contributed by atoms with van der Waals surface area (Å²) in [7, 11) is 0. The predicted octanol–water partition coefficient (Wildman–Crippen LogP) is 10.2. The summed E-state index contributed by atoms with van der Waals surface area (Å²) in [6, 6.07) is 13.5. The number of nitrogens with one attached hydrogen (secondary N) is 2. The van der Waals surface area contributed by atoms with Gasteiger partial charge < -0.3 is 15.2 Å². The fourth-order valence-electron chi connectivity index (χ4n) is 5.15. The quantitative estimate of drug-likeness (QED) is 0.0656. The van der Waals surface area contributed by atoms with Crippen LogP contribution in [0.1, 0.15) is 84.0 Å². The Bertz CT molecular complexity index is 1600. The Morgan fingerprint density at radius 1 is 0.822 bits per heavy atom.